The van der Waals surface area contributed by atoms with E-state index < -0.39 is 0 Å². The van der Waals surface area contributed by atoms with Crippen LogP contribution in [0.4, 0.5) is 5.69 Å². The van der Waals surface area contributed by atoms with Crippen LogP contribution in [0.1, 0.15) is 1.37 Å². The molecule has 0 saturated carbocycles. The van der Waals surface area contributed by atoms with Gasteiger partial charge in [0.25, 0.3) is 0 Å². The first-order chi connectivity index (χ1) is 4.61. The predicted molar refractivity (Wildman–Crippen MR) is 37.5 cm³/mol. The van der Waals surface area contributed by atoms with Crippen molar-refractivity contribution in [3.05, 3.63) is 23.2 Å². The Morgan fingerprint density at radius 3 is 3.00 bits per heavy atom. The molecule has 3 N–H and O–H groups in total. The average molecular weight is 145 g/mol. The number of aromatic hydroxyl groups is 1. The summed E-state index contributed by atoms with van der Waals surface area (Å²) in [5.74, 6) is -0.0378. The van der Waals surface area contributed by atoms with Gasteiger partial charge in [-0.1, -0.05) is 11.6 Å². The molecule has 0 aliphatic carbocycles. The minimum absolute atomic E-state index is 0.0378. The van der Waals surface area contributed by atoms with E-state index in [9.17, 15) is 0 Å². The van der Waals surface area contributed by atoms with E-state index in [1.54, 1.807) is 0 Å². The molecule has 0 unspecified atom stereocenters. The van der Waals surface area contributed by atoms with E-state index in [1.165, 1.54) is 12.1 Å². The van der Waals surface area contributed by atoms with Gasteiger partial charge in [0, 0.05) is 6.07 Å². The van der Waals surface area contributed by atoms with Crippen molar-refractivity contribution in [1.29, 1.82) is 0 Å². The maximum Gasteiger partial charge on any atom is 0.117 e. The normalized spacial score (nSPS) is 11.0. The number of anilines is 1. The van der Waals surface area contributed by atoms with Crippen molar-refractivity contribution >= 4 is 17.3 Å². The number of nitrogen functional groups attached to an aromatic ring is 1. The van der Waals surface area contributed by atoms with Crippen LogP contribution in [-0.4, -0.2) is 5.11 Å². The minimum Gasteiger partial charge on any atom is -0.508 e. The van der Waals surface area contributed by atoms with Gasteiger partial charge in [0.05, 0.1) is 12.1 Å². The number of benzene rings is 1. The van der Waals surface area contributed by atoms with E-state index in [2.05, 4.69) is 0 Å². The van der Waals surface area contributed by atoms with Crippen LogP contribution < -0.4 is 5.73 Å². The van der Waals surface area contributed by atoms with Gasteiger partial charge in [0.2, 0.25) is 0 Å². The van der Waals surface area contributed by atoms with Crippen LogP contribution in [0.2, 0.25) is 5.02 Å². The summed E-state index contributed by atoms with van der Waals surface area (Å²) in [6.45, 7) is 0. The Hall–Kier alpha value is -0.890. The van der Waals surface area contributed by atoms with Gasteiger partial charge < -0.3 is 10.8 Å². The van der Waals surface area contributed by atoms with Crippen LogP contribution in [0, 0.1) is 0 Å². The van der Waals surface area contributed by atoms with E-state index in [4.69, 9.17) is 23.8 Å². The lowest BCUT2D eigenvalue weighted by Gasteiger charge is -1.95. The Bertz CT molecular complexity index is 241. The molecular weight excluding hydrogens is 138 g/mol. The van der Waals surface area contributed by atoms with Crippen LogP contribution in [-0.2, 0) is 0 Å². The molecule has 1 aromatic rings. The molecule has 0 radical (unpaired) electrons. The largest absolute Gasteiger partial charge is 0.508 e. The van der Waals surface area contributed by atoms with Crippen molar-refractivity contribution in [3.63, 3.8) is 0 Å². The van der Waals surface area contributed by atoms with Gasteiger partial charge in [-0.25, -0.2) is 0 Å². The Labute approximate surface area is 59.3 Å². The van der Waals surface area contributed by atoms with E-state index in [0.29, 0.717) is 0 Å². The fraction of sp³-hybridized carbons (Fsp3) is 0. The summed E-state index contributed by atoms with van der Waals surface area (Å²) < 4.78 is 7.13. The molecule has 0 heterocycles. The number of phenols is 1. The number of hydrogen-bond donors (Lipinski definition) is 2. The molecule has 9 heavy (non-hydrogen) atoms. The smallest absolute Gasteiger partial charge is 0.117 e. The zero-order chi connectivity index (χ0) is 7.72. The Morgan fingerprint density at radius 2 is 2.44 bits per heavy atom. The Kier molecular flexibility index (Phi) is 1.18. The summed E-state index contributed by atoms with van der Waals surface area (Å²) in [6.07, 6.45) is 0. The lowest BCUT2D eigenvalue weighted by molar-refractivity contribution is 0.475. The molecular formula is C6H6ClNO. The minimum atomic E-state index is -0.0378. The Balaban J connectivity index is 3.31. The summed E-state index contributed by atoms with van der Waals surface area (Å²) in [6, 6.07) is 2.58. The van der Waals surface area contributed by atoms with Crippen LogP contribution >= 0.6 is 11.6 Å². The number of rotatable bonds is 0. The topological polar surface area (TPSA) is 46.2 Å². The van der Waals surface area contributed by atoms with E-state index >= 15 is 0 Å². The molecule has 0 aliphatic heterocycles. The molecule has 0 bridgehead atoms. The first-order valence-corrected chi connectivity index (χ1v) is 2.73. The molecule has 0 fully saturated rings. The summed E-state index contributed by atoms with van der Waals surface area (Å²) in [5.41, 5.74) is 5.51. The molecule has 1 aromatic carbocycles. The van der Waals surface area contributed by atoms with Crippen LogP contribution in [0.3, 0.4) is 0 Å². The third-order valence-corrected chi connectivity index (χ3v) is 1.22. The van der Waals surface area contributed by atoms with Gasteiger partial charge in [-0.15, -0.1) is 0 Å². The summed E-state index contributed by atoms with van der Waals surface area (Å²) in [5, 5.41) is 9.07. The molecule has 0 amide bonds. The van der Waals surface area contributed by atoms with Crippen molar-refractivity contribution in [3.8, 4) is 5.75 Å². The first kappa shape index (κ1) is 4.94. The van der Waals surface area contributed by atoms with Gasteiger partial charge in [-0.3, -0.25) is 0 Å². The molecule has 0 atom stereocenters. The highest BCUT2D eigenvalue weighted by atomic mass is 35.5. The molecule has 0 spiro atoms. The number of halogens is 1. The van der Waals surface area contributed by atoms with Crippen molar-refractivity contribution in [2.45, 2.75) is 0 Å². The lowest BCUT2D eigenvalue weighted by Crippen LogP contribution is -1.83. The van der Waals surface area contributed by atoms with E-state index in [0.717, 1.165) is 0 Å². The maximum absolute atomic E-state index is 8.86. The van der Waals surface area contributed by atoms with Gasteiger partial charge in [-0.05, 0) is 12.1 Å². The van der Waals surface area contributed by atoms with Crippen molar-refractivity contribution in [2.24, 2.45) is 0 Å². The van der Waals surface area contributed by atoms with Gasteiger partial charge >= 0.3 is 0 Å². The first-order valence-electron chi connectivity index (χ1n) is 2.86. The number of hydrogen-bond acceptors (Lipinski definition) is 2. The van der Waals surface area contributed by atoms with Crippen molar-refractivity contribution in [2.75, 3.05) is 5.73 Å². The van der Waals surface area contributed by atoms with Crippen LogP contribution in [0.15, 0.2) is 18.2 Å². The molecule has 2 nitrogen and oxygen atoms in total. The number of phenolic OH excluding ortho intramolecular Hbond substituents is 1. The summed E-state index contributed by atoms with van der Waals surface area (Å²) in [4.78, 5) is 0. The van der Waals surface area contributed by atoms with Gasteiger partial charge in [0.1, 0.15) is 5.75 Å². The quantitative estimate of drug-likeness (QED) is 0.430. The third-order valence-electron chi connectivity index (χ3n) is 0.907. The monoisotopic (exact) mass is 144 g/mol. The van der Waals surface area contributed by atoms with Crippen molar-refractivity contribution in [1.82, 2.24) is 0 Å². The van der Waals surface area contributed by atoms with Crippen molar-refractivity contribution < 1.29 is 6.48 Å². The van der Waals surface area contributed by atoms with Gasteiger partial charge in [0.15, 0.2) is 0 Å². The van der Waals surface area contributed by atoms with Crippen LogP contribution in [0.25, 0.3) is 0 Å². The fourth-order valence-electron chi connectivity index (χ4n) is 0.470. The molecule has 0 saturated heterocycles. The molecule has 48 valence electrons. The van der Waals surface area contributed by atoms with E-state index in [1.807, 2.05) is 0 Å². The van der Waals surface area contributed by atoms with E-state index in [-0.39, 0.29) is 22.5 Å². The highest BCUT2D eigenvalue weighted by Crippen LogP contribution is 2.22. The lowest BCUT2D eigenvalue weighted by atomic mass is 10.3. The molecule has 0 aliphatic rings. The zero-order valence-corrected chi connectivity index (χ0v) is 5.31. The summed E-state index contributed by atoms with van der Waals surface area (Å²) in [7, 11) is 0. The highest BCUT2D eigenvalue weighted by molar-refractivity contribution is 6.33. The maximum atomic E-state index is 8.86. The average Bonchev–Trinajstić information content (AvgIpc) is 1.82. The predicted octanol–water partition coefficient (Wildman–Crippen LogP) is 1.63. The second kappa shape index (κ2) is 2.15. The molecule has 3 heteroatoms. The molecule has 1 rings (SSSR count). The van der Waals surface area contributed by atoms with Crippen LogP contribution in [0.5, 0.6) is 5.75 Å². The highest BCUT2D eigenvalue weighted by Gasteiger charge is 1.93. The third kappa shape index (κ3) is 1.27. The number of nitrogens with two attached hydrogens (primary N) is 1. The second-order valence-electron chi connectivity index (χ2n) is 1.62. The van der Waals surface area contributed by atoms with Gasteiger partial charge in [-0.2, -0.15) is 0 Å². The zero-order valence-electron chi connectivity index (χ0n) is 5.56. The standard InChI is InChI=1S/C6H6ClNO/c7-5-3-4(9)1-2-6(5)8/h1-3,9H,8H2/i2D. The Morgan fingerprint density at radius 1 is 1.78 bits per heavy atom. The SMILES string of the molecule is [2H]c1cc(O)cc(Cl)c1N. The fourth-order valence-corrected chi connectivity index (χ4v) is 0.636. The summed E-state index contributed by atoms with van der Waals surface area (Å²) >= 11 is 5.51. The second-order valence-corrected chi connectivity index (χ2v) is 2.03. The molecule has 0 aromatic heterocycles.